The van der Waals surface area contributed by atoms with Crippen LogP contribution in [0.5, 0.6) is 0 Å². The van der Waals surface area contributed by atoms with Crippen molar-refractivity contribution < 1.29 is 14.4 Å². The number of hydrogen-bond acceptors (Lipinski definition) is 3. The van der Waals surface area contributed by atoms with E-state index in [-0.39, 0.29) is 18.3 Å². The van der Waals surface area contributed by atoms with Crippen LogP contribution >= 0.6 is 0 Å². The predicted molar refractivity (Wildman–Crippen MR) is 83.1 cm³/mol. The van der Waals surface area contributed by atoms with E-state index in [2.05, 4.69) is 39.8 Å². The first-order valence-corrected chi connectivity index (χ1v) is 7.30. The number of benzene rings is 1. The number of aliphatic hydroxyl groups is 1. The van der Waals surface area contributed by atoms with Gasteiger partial charge in [-0.05, 0) is 57.1 Å². The molecule has 1 aromatic carbocycles. The molecule has 3 nitrogen and oxygen atoms in total. The zero-order valence-corrected chi connectivity index (χ0v) is 13.0. The lowest BCUT2D eigenvalue weighted by Gasteiger charge is -2.32. The Morgan fingerprint density at radius 2 is 1.70 bits per heavy atom. The van der Waals surface area contributed by atoms with Gasteiger partial charge < -0.3 is 14.4 Å². The summed E-state index contributed by atoms with van der Waals surface area (Å²) in [5.41, 5.74) is 2.16. The van der Waals surface area contributed by atoms with Crippen LogP contribution in [0, 0.1) is 0 Å². The first-order valence-electron chi connectivity index (χ1n) is 7.30. The molecule has 2 aliphatic rings. The highest BCUT2D eigenvalue weighted by Gasteiger charge is 2.52. The molecule has 1 heterocycles. The third-order valence-corrected chi connectivity index (χ3v) is 4.95. The van der Waals surface area contributed by atoms with E-state index in [1.54, 1.807) is 0 Å². The molecule has 0 bridgehead atoms. The molecule has 1 saturated heterocycles. The van der Waals surface area contributed by atoms with E-state index in [0.717, 1.165) is 5.46 Å². The van der Waals surface area contributed by atoms with Crippen molar-refractivity contribution in [2.45, 2.75) is 57.2 Å². The summed E-state index contributed by atoms with van der Waals surface area (Å²) in [6.07, 6.45) is 1.37. The van der Waals surface area contributed by atoms with Crippen molar-refractivity contribution in [3.05, 3.63) is 29.3 Å². The highest BCUT2D eigenvalue weighted by Crippen LogP contribution is 2.37. The summed E-state index contributed by atoms with van der Waals surface area (Å²) in [5, 5.41) is 10.3. The van der Waals surface area contributed by atoms with Crippen molar-refractivity contribution in [2.75, 3.05) is 0 Å². The summed E-state index contributed by atoms with van der Waals surface area (Å²) >= 11 is 0. The van der Waals surface area contributed by atoms with Gasteiger partial charge in [0.25, 0.3) is 0 Å². The lowest BCUT2D eigenvalue weighted by molar-refractivity contribution is 0.00578. The second kappa shape index (κ2) is 4.12. The molecule has 5 heteroatoms. The minimum Gasteiger partial charge on any atom is -0.399 e. The van der Waals surface area contributed by atoms with E-state index in [4.69, 9.17) is 9.31 Å². The van der Waals surface area contributed by atoms with Gasteiger partial charge in [-0.25, -0.2) is 0 Å². The highest BCUT2D eigenvalue weighted by atomic mass is 16.7. The van der Waals surface area contributed by atoms with Gasteiger partial charge in [0.05, 0.1) is 11.2 Å². The molecule has 1 aliphatic carbocycles. The van der Waals surface area contributed by atoms with Gasteiger partial charge in [-0.15, -0.1) is 0 Å². The van der Waals surface area contributed by atoms with Crippen molar-refractivity contribution in [3.8, 4) is 0 Å². The molecule has 0 aromatic heterocycles. The quantitative estimate of drug-likeness (QED) is 0.752. The molecular formula is C15H22B2O3. The van der Waals surface area contributed by atoms with Crippen LogP contribution in [0.1, 0.15) is 38.8 Å². The van der Waals surface area contributed by atoms with Crippen molar-refractivity contribution in [1.29, 1.82) is 0 Å². The fraction of sp³-hybridized carbons (Fsp3) is 0.600. The van der Waals surface area contributed by atoms with Gasteiger partial charge in [0.2, 0.25) is 0 Å². The molecule has 0 amide bonds. The van der Waals surface area contributed by atoms with E-state index < -0.39 is 5.50 Å². The molecule has 0 radical (unpaired) electrons. The maximum Gasteiger partial charge on any atom is 0.495 e. The molecule has 1 aromatic rings. The summed E-state index contributed by atoms with van der Waals surface area (Å²) in [6, 6.07) is 6.18. The fourth-order valence-electron chi connectivity index (χ4n) is 3.08. The van der Waals surface area contributed by atoms with Crippen LogP contribution in [0.15, 0.2) is 18.2 Å². The Hall–Kier alpha value is -0.770. The summed E-state index contributed by atoms with van der Waals surface area (Å²) < 4.78 is 12.3. The van der Waals surface area contributed by atoms with Crippen LogP contribution < -0.4 is 5.46 Å². The minimum atomic E-state index is -0.651. The average Bonchev–Trinajstić information content (AvgIpc) is 2.70. The molecule has 1 aliphatic heterocycles. The molecule has 106 valence electrons. The largest absolute Gasteiger partial charge is 0.495 e. The Labute approximate surface area is 122 Å². The van der Waals surface area contributed by atoms with Gasteiger partial charge >= 0.3 is 7.12 Å². The minimum absolute atomic E-state index is 0.332. The summed E-state index contributed by atoms with van der Waals surface area (Å²) in [6.45, 7) is 8.25. The number of hydrogen-bond donors (Lipinski definition) is 1. The van der Waals surface area contributed by atoms with Gasteiger partial charge in [-0.2, -0.15) is 0 Å². The molecule has 1 fully saturated rings. The Bertz CT molecular complexity index is 536. The molecule has 20 heavy (non-hydrogen) atoms. The van der Waals surface area contributed by atoms with Crippen molar-refractivity contribution in [2.24, 2.45) is 0 Å². The molecule has 1 unspecified atom stereocenters. The summed E-state index contributed by atoms with van der Waals surface area (Å²) in [4.78, 5) is 0. The SMILES string of the molecule is BC1(O)Cc2cccc(B3OC(C)(C)C(C)(C)O3)c2C1. The molecule has 1 N–H and O–H groups in total. The normalized spacial score (nSPS) is 30.6. The van der Waals surface area contributed by atoms with Gasteiger partial charge in [0, 0.05) is 5.50 Å². The van der Waals surface area contributed by atoms with E-state index in [0.29, 0.717) is 12.8 Å². The molecular weight excluding hydrogens is 250 g/mol. The third-order valence-electron chi connectivity index (χ3n) is 4.95. The van der Waals surface area contributed by atoms with Gasteiger partial charge in [0.1, 0.15) is 7.85 Å². The maximum absolute atomic E-state index is 10.3. The first kappa shape index (κ1) is 14.2. The Morgan fingerprint density at radius 1 is 1.10 bits per heavy atom. The van der Waals surface area contributed by atoms with Gasteiger partial charge in [-0.1, -0.05) is 18.2 Å². The zero-order chi connectivity index (χ0) is 14.8. The summed E-state index contributed by atoms with van der Waals surface area (Å²) in [7, 11) is 1.55. The molecule has 1 atom stereocenters. The molecule has 0 saturated carbocycles. The van der Waals surface area contributed by atoms with E-state index >= 15 is 0 Å². The molecule has 0 spiro atoms. The second-order valence-electron chi connectivity index (χ2n) is 7.42. The first-order chi connectivity index (χ1) is 9.11. The number of rotatable bonds is 1. The van der Waals surface area contributed by atoms with Crippen molar-refractivity contribution >= 4 is 20.4 Å². The lowest BCUT2D eigenvalue weighted by atomic mass is 9.73. The topological polar surface area (TPSA) is 38.7 Å². The van der Waals surface area contributed by atoms with E-state index in [9.17, 15) is 5.11 Å². The second-order valence-corrected chi connectivity index (χ2v) is 7.42. The predicted octanol–water partition coefficient (Wildman–Crippen LogP) is 0.406. The monoisotopic (exact) mass is 272 g/mol. The Kier molecular flexibility index (Phi) is 2.92. The van der Waals surface area contributed by atoms with E-state index in [1.165, 1.54) is 11.1 Å². The van der Waals surface area contributed by atoms with Crippen LogP contribution in [0.4, 0.5) is 0 Å². The van der Waals surface area contributed by atoms with Gasteiger partial charge in [-0.3, -0.25) is 0 Å². The van der Waals surface area contributed by atoms with Crippen LogP contribution in [-0.4, -0.2) is 36.8 Å². The van der Waals surface area contributed by atoms with Crippen LogP contribution in [0.2, 0.25) is 0 Å². The van der Waals surface area contributed by atoms with Gasteiger partial charge in [0.15, 0.2) is 0 Å². The smallest absolute Gasteiger partial charge is 0.399 e. The Morgan fingerprint density at radius 3 is 2.30 bits per heavy atom. The van der Waals surface area contributed by atoms with Crippen molar-refractivity contribution in [3.63, 3.8) is 0 Å². The fourth-order valence-corrected chi connectivity index (χ4v) is 3.08. The van der Waals surface area contributed by atoms with Crippen LogP contribution in [0.3, 0.4) is 0 Å². The van der Waals surface area contributed by atoms with Crippen LogP contribution in [0.25, 0.3) is 0 Å². The standard InChI is InChI=1S/C15H22B2O3/c1-13(2)14(3,4)20-17(19-13)12-7-5-6-10-8-15(16,18)9-11(10)12/h5-7,18H,8-9,16H2,1-4H3. The van der Waals surface area contributed by atoms with Crippen LogP contribution in [-0.2, 0) is 22.2 Å². The lowest BCUT2D eigenvalue weighted by Crippen LogP contribution is -2.41. The Balaban J connectivity index is 1.97. The maximum atomic E-state index is 10.3. The third kappa shape index (κ3) is 2.12. The zero-order valence-electron chi connectivity index (χ0n) is 13.0. The van der Waals surface area contributed by atoms with Crippen molar-refractivity contribution in [1.82, 2.24) is 0 Å². The number of fused-ring (bicyclic) bond motifs is 1. The van der Waals surface area contributed by atoms with E-state index in [1.807, 2.05) is 13.9 Å². The summed E-state index contributed by atoms with van der Waals surface area (Å²) in [5.74, 6) is 0. The highest BCUT2D eigenvalue weighted by molar-refractivity contribution is 6.62. The average molecular weight is 272 g/mol. The molecule has 3 rings (SSSR count).